The van der Waals surface area contributed by atoms with Crippen LogP contribution in [-0.4, -0.2) is 35.0 Å². The van der Waals surface area contributed by atoms with E-state index in [-0.39, 0.29) is 11.9 Å². The van der Waals surface area contributed by atoms with Crippen molar-refractivity contribution in [3.8, 4) is 6.07 Å². The van der Waals surface area contributed by atoms with Crippen LogP contribution in [0.1, 0.15) is 43.7 Å². The number of amides is 1. The SMILES string of the molecule is N#C[C@@H](C(=O)NC1CC1)c1nc2ccccc2nc1N1CCCCC1. The predicted molar refractivity (Wildman–Crippen MR) is 95.1 cm³/mol. The lowest BCUT2D eigenvalue weighted by Crippen LogP contribution is -2.35. The Kier molecular flexibility index (Phi) is 4.22. The highest BCUT2D eigenvalue weighted by molar-refractivity contribution is 5.89. The molecule has 1 atom stereocenters. The maximum Gasteiger partial charge on any atom is 0.243 e. The Hall–Kier alpha value is -2.68. The number of hydrogen-bond donors (Lipinski definition) is 1. The van der Waals surface area contributed by atoms with Crippen LogP contribution in [0.5, 0.6) is 0 Å². The minimum Gasteiger partial charge on any atom is -0.355 e. The van der Waals surface area contributed by atoms with Crippen LogP contribution in [0.4, 0.5) is 5.82 Å². The largest absolute Gasteiger partial charge is 0.355 e. The maximum absolute atomic E-state index is 12.6. The Morgan fingerprint density at radius 2 is 1.84 bits per heavy atom. The second-order valence-electron chi connectivity index (χ2n) is 6.81. The highest BCUT2D eigenvalue weighted by Gasteiger charge is 2.32. The molecular weight excluding hydrogens is 314 g/mol. The average Bonchev–Trinajstić information content (AvgIpc) is 3.46. The van der Waals surface area contributed by atoms with Crippen LogP contribution < -0.4 is 10.2 Å². The molecule has 0 unspecified atom stereocenters. The van der Waals surface area contributed by atoms with Gasteiger partial charge < -0.3 is 10.2 Å². The van der Waals surface area contributed by atoms with Crippen molar-refractivity contribution in [2.75, 3.05) is 18.0 Å². The van der Waals surface area contributed by atoms with Gasteiger partial charge in [-0.1, -0.05) is 12.1 Å². The van der Waals surface area contributed by atoms with Gasteiger partial charge in [0.25, 0.3) is 0 Å². The Morgan fingerprint density at radius 3 is 2.48 bits per heavy atom. The lowest BCUT2D eigenvalue weighted by atomic mass is 10.0. The molecule has 1 saturated carbocycles. The summed E-state index contributed by atoms with van der Waals surface area (Å²) in [6.45, 7) is 1.78. The van der Waals surface area contributed by atoms with Crippen molar-refractivity contribution in [2.45, 2.75) is 44.1 Å². The molecule has 1 aliphatic carbocycles. The fourth-order valence-corrected chi connectivity index (χ4v) is 3.29. The van der Waals surface area contributed by atoms with Crippen molar-refractivity contribution < 1.29 is 4.79 Å². The van der Waals surface area contributed by atoms with E-state index in [4.69, 9.17) is 4.98 Å². The zero-order valence-corrected chi connectivity index (χ0v) is 14.1. The molecule has 4 rings (SSSR count). The van der Waals surface area contributed by atoms with Crippen LogP contribution in [-0.2, 0) is 4.79 Å². The Bertz CT molecular complexity index is 833. The van der Waals surface area contributed by atoms with E-state index in [0.29, 0.717) is 11.5 Å². The zero-order chi connectivity index (χ0) is 17.2. The molecule has 1 N–H and O–H groups in total. The monoisotopic (exact) mass is 335 g/mol. The van der Waals surface area contributed by atoms with Crippen LogP contribution in [0, 0.1) is 11.3 Å². The van der Waals surface area contributed by atoms with Crippen molar-refractivity contribution in [2.24, 2.45) is 0 Å². The van der Waals surface area contributed by atoms with Crippen LogP contribution >= 0.6 is 0 Å². The van der Waals surface area contributed by atoms with Gasteiger partial charge in [0.05, 0.1) is 17.1 Å². The summed E-state index contributed by atoms with van der Waals surface area (Å²) in [5.74, 6) is -0.488. The smallest absolute Gasteiger partial charge is 0.243 e. The summed E-state index contributed by atoms with van der Waals surface area (Å²) in [6.07, 6.45) is 5.38. The number of nitrogens with one attached hydrogen (secondary N) is 1. The number of carbonyl (C=O) groups excluding carboxylic acids is 1. The third kappa shape index (κ3) is 3.27. The van der Waals surface area contributed by atoms with E-state index in [9.17, 15) is 10.1 Å². The number of para-hydroxylation sites is 2. The van der Waals surface area contributed by atoms with Crippen LogP contribution in [0.15, 0.2) is 24.3 Å². The Morgan fingerprint density at radius 1 is 1.16 bits per heavy atom. The van der Waals surface area contributed by atoms with Crippen LogP contribution in [0.3, 0.4) is 0 Å². The molecule has 0 spiro atoms. The molecule has 2 aromatic rings. The van der Waals surface area contributed by atoms with Crippen LogP contribution in [0.25, 0.3) is 11.0 Å². The summed E-state index contributed by atoms with van der Waals surface area (Å²) >= 11 is 0. The van der Waals surface area contributed by atoms with E-state index in [1.54, 1.807) is 0 Å². The highest BCUT2D eigenvalue weighted by atomic mass is 16.2. The molecule has 0 radical (unpaired) electrons. The van der Waals surface area contributed by atoms with Crippen molar-refractivity contribution >= 4 is 22.8 Å². The maximum atomic E-state index is 12.6. The predicted octanol–water partition coefficient (Wildman–Crippen LogP) is 2.51. The first-order chi connectivity index (χ1) is 12.3. The fraction of sp³-hybridized carbons (Fsp3) is 0.474. The highest BCUT2D eigenvalue weighted by Crippen LogP contribution is 2.30. The van der Waals surface area contributed by atoms with Gasteiger partial charge in [-0.15, -0.1) is 0 Å². The van der Waals surface area contributed by atoms with Gasteiger partial charge in [0, 0.05) is 19.1 Å². The molecule has 2 aliphatic rings. The first-order valence-corrected chi connectivity index (χ1v) is 8.98. The van der Waals surface area contributed by atoms with Crippen molar-refractivity contribution in [1.82, 2.24) is 15.3 Å². The number of aromatic nitrogens is 2. The topological polar surface area (TPSA) is 81.9 Å². The van der Waals surface area contributed by atoms with Gasteiger partial charge in [-0.05, 0) is 44.2 Å². The van der Waals surface area contributed by atoms with Gasteiger partial charge >= 0.3 is 0 Å². The van der Waals surface area contributed by atoms with Gasteiger partial charge in [0.2, 0.25) is 5.91 Å². The molecule has 25 heavy (non-hydrogen) atoms. The Balaban J connectivity index is 1.78. The molecule has 1 aromatic heterocycles. The Labute approximate surface area is 146 Å². The van der Waals surface area contributed by atoms with Gasteiger partial charge in [-0.3, -0.25) is 4.79 Å². The third-order valence-corrected chi connectivity index (χ3v) is 4.82. The van der Waals surface area contributed by atoms with E-state index in [2.05, 4.69) is 21.3 Å². The number of carbonyl (C=O) groups is 1. The van der Waals surface area contributed by atoms with E-state index in [0.717, 1.165) is 49.8 Å². The molecule has 2 fully saturated rings. The number of rotatable bonds is 4. The van der Waals surface area contributed by atoms with Gasteiger partial charge in [-0.2, -0.15) is 5.26 Å². The number of nitriles is 1. The van der Waals surface area contributed by atoms with E-state index >= 15 is 0 Å². The number of piperidine rings is 1. The zero-order valence-electron chi connectivity index (χ0n) is 14.1. The molecule has 1 amide bonds. The first kappa shape index (κ1) is 15.8. The third-order valence-electron chi connectivity index (χ3n) is 4.82. The van der Waals surface area contributed by atoms with Crippen molar-refractivity contribution in [3.63, 3.8) is 0 Å². The summed E-state index contributed by atoms with van der Waals surface area (Å²) in [4.78, 5) is 24.2. The van der Waals surface area contributed by atoms with Gasteiger partial charge in [-0.25, -0.2) is 9.97 Å². The second-order valence-corrected chi connectivity index (χ2v) is 6.81. The molecule has 1 aromatic carbocycles. The molecule has 2 heterocycles. The van der Waals surface area contributed by atoms with Gasteiger partial charge in [0.15, 0.2) is 11.7 Å². The molecule has 128 valence electrons. The summed E-state index contributed by atoms with van der Waals surface area (Å²) in [6, 6.07) is 9.99. The van der Waals surface area contributed by atoms with Crippen LogP contribution in [0.2, 0.25) is 0 Å². The normalized spacial score (nSPS) is 18.6. The first-order valence-electron chi connectivity index (χ1n) is 8.98. The number of anilines is 1. The van der Waals surface area contributed by atoms with E-state index < -0.39 is 5.92 Å². The van der Waals surface area contributed by atoms with Crippen molar-refractivity contribution in [1.29, 1.82) is 5.26 Å². The second kappa shape index (κ2) is 6.67. The molecule has 6 heteroatoms. The lowest BCUT2D eigenvalue weighted by molar-refractivity contribution is -0.121. The minimum atomic E-state index is -0.922. The standard InChI is InChI=1S/C19H21N5O/c20-12-14(19(25)21-13-8-9-13)17-18(24-10-4-1-5-11-24)23-16-7-3-2-6-15(16)22-17/h2-3,6-7,13-14H,1,4-5,8-11H2,(H,21,25)/t14-/m1/s1. The number of hydrogen-bond acceptors (Lipinski definition) is 5. The number of benzene rings is 1. The lowest BCUT2D eigenvalue weighted by Gasteiger charge is -2.29. The van der Waals surface area contributed by atoms with Crippen molar-refractivity contribution in [3.05, 3.63) is 30.0 Å². The quantitative estimate of drug-likeness (QED) is 0.928. The number of nitrogens with zero attached hydrogens (tertiary/aromatic N) is 4. The van der Waals surface area contributed by atoms with E-state index in [1.807, 2.05) is 24.3 Å². The molecule has 1 aliphatic heterocycles. The average molecular weight is 335 g/mol. The van der Waals surface area contributed by atoms with E-state index in [1.165, 1.54) is 6.42 Å². The fourth-order valence-electron chi connectivity index (χ4n) is 3.29. The van der Waals surface area contributed by atoms with Gasteiger partial charge in [0.1, 0.15) is 5.69 Å². The minimum absolute atomic E-state index is 0.218. The summed E-state index contributed by atoms with van der Waals surface area (Å²) in [5, 5.41) is 12.6. The summed E-state index contributed by atoms with van der Waals surface area (Å²) < 4.78 is 0. The summed E-state index contributed by atoms with van der Waals surface area (Å²) in [7, 11) is 0. The summed E-state index contributed by atoms with van der Waals surface area (Å²) in [5.41, 5.74) is 2.00. The molecular formula is C19H21N5O. The molecule has 0 bridgehead atoms. The number of fused-ring (bicyclic) bond motifs is 1. The molecule has 6 nitrogen and oxygen atoms in total. The molecule has 1 saturated heterocycles.